The van der Waals surface area contributed by atoms with E-state index in [2.05, 4.69) is 36.4 Å². The summed E-state index contributed by atoms with van der Waals surface area (Å²) >= 11 is 3.55. The largest absolute Gasteiger partial charge is 2.00 e. The number of fused-ring (bicyclic) bond motifs is 1. The van der Waals surface area contributed by atoms with Crippen LogP contribution in [0.3, 0.4) is 0 Å². The van der Waals surface area contributed by atoms with Crippen LogP contribution in [-0.2, 0) is 59.0 Å². The second-order valence-corrected chi connectivity index (χ2v) is 8.73. The minimum Gasteiger partial charge on any atom is -0.537 e. The first-order valence-electron chi connectivity index (χ1n) is 6.62. The van der Waals surface area contributed by atoms with Gasteiger partial charge < -0.3 is 24.4 Å². The maximum absolute atomic E-state index is 10.3. The van der Waals surface area contributed by atoms with E-state index in [9.17, 15) is 9.59 Å². The van der Waals surface area contributed by atoms with E-state index in [4.69, 9.17) is 0 Å². The Kier molecular flexibility index (Phi) is 15.6. The molecule has 1 aromatic carbocycles. The van der Waals surface area contributed by atoms with Crippen LogP contribution in [0.4, 0.5) is 0 Å². The van der Waals surface area contributed by atoms with Gasteiger partial charge in [-0.15, -0.1) is 22.7 Å². The molecule has 0 fully saturated rings. The summed E-state index contributed by atoms with van der Waals surface area (Å²) in [7, 11) is 0.463. The van der Waals surface area contributed by atoms with Crippen LogP contribution in [0.2, 0.25) is 0 Å². The molecular weight excluding hydrogens is 476 g/mol. The van der Waals surface area contributed by atoms with Gasteiger partial charge in [0.2, 0.25) is 0 Å². The summed E-state index contributed by atoms with van der Waals surface area (Å²) < 4.78 is 2.57. The third kappa shape index (κ3) is 7.34. The molecule has 0 amide bonds. The van der Waals surface area contributed by atoms with Crippen LogP contribution in [0.15, 0.2) is 36.4 Å². The van der Waals surface area contributed by atoms with Gasteiger partial charge in [-0.3, -0.25) is 0 Å². The molecule has 0 bridgehead atoms. The first kappa shape index (κ1) is 28.5. The smallest absolute Gasteiger partial charge is 0.537 e. The summed E-state index contributed by atoms with van der Waals surface area (Å²) in [6.45, 7) is 0. The fourth-order valence-electron chi connectivity index (χ4n) is 2.16. The molecule has 0 aliphatic rings. The van der Waals surface area contributed by atoms with Crippen molar-refractivity contribution in [1.29, 1.82) is 0 Å². The zero-order valence-electron chi connectivity index (χ0n) is 14.4. The van der Waals surface area contributed by atoms with Crippen molar-refractivity contribution in [3.8, 4) is 10.4 Å². The van der Waals surface area contributed by atoms with Gasteiger partial charge in [0.1, 0.15) is 0 Å². The predicted octanol–water partition coefficient (Wildman–Crippen LogP) is 6.02. The Balaban J connectivity index is 0. The number of carbonyl (C=O) groups excluding carboxylic acids is 2. The third-order valence-electron chi connectivity index (χ3n) is 3.20. The van der Waals surface area contributed by atoms with Gasteiger partial charge in [-0.05, 0) is 35.6 Å². The first-order chi connectivity index (χ1) is 10.8. The van der Waals surface area contributed by atoms with E-state index >= 15 is 0 Å². The van der Waals surface area contributed by atoms with Crippen LogP contribution in [0.1, 0.15) is 10.4 Å². The topological polar surface area (TPSA) is 34.1 Å². The van der Waals surface area contributed by atoms with Gasteiger partial charge in [0, 0.05) is 19.2 Å². The molecule has 3 rings (SSSR count). The van der Waals surface area contributed by atoms with E-state index in [0.717, 1.165) is 12.3 Å². The molecule has 134 valence electrons. The van der Waals surface area contributed by atoms with Gasteiger partial charge in [-0.2, -0.15) is 0 Å². The van der Waals surface area contributed by atoms with Crippen molar-refractivity contribution in [3.05, 3.63) is 61.7 Å². The molecule has 2 nitrogen and oxygen atoms in total. The molecule has 3 aromatic rings. The second-order valence-electron chi connectivity index (χ2n) is 4.66. The number of thiophene rings is 2. The van der Waals surface area contributed by atoms with Gasteiger partial charge in [0.05, 0.1) is 0 Å². The summed E-state index contributed by atoms with van der Waals surface area (Å²) in [5.41, 5.74) is 2.39. The van der Waals surface area contributed by atoms with Crippen molar-refractivity contribution in [1.82, 2.24) is 0 Å². The Morgan fingerprint density at radius 2 is 1.38 bits per heavy atom. The number of hydrogen-bond donors (Lipinski definition) is 0. The molecule has 2 unspecified atom stereocenters. The molecule has 0 aliphatic carbocycles. The summed E-state index contributed by atoms with van der Waals surface area (Å²) in [6, 6.07) is 16.7. The Bertz CT molecular complexity index is 770. The monoisotopic (exact) mass is 494 g/mol. The second kappa shape index (κ2) is 14.3. The van der Waals surface area contributed by atoms with Crippen LogP contribution >= 0.6 is 39.8 Å². The molecular formula is C18H18O2P2S2V2. The van der Waals surface area contributed by atoms with Gasteiger partial charge >= 0.3 is 37.1 Å². The fourth-order valence-corrected chi connectivity index (χ4v) is 5.75. The number of rotatable bonds is 7. The zero-order chi connectivity index (χ0) is 15.4. The molecule has 2 heterocycles. The Labute approximate surface area is 191 Å². The van der Waals surface area contributed by atoms with E-state index < -0.39 is 0 Å². The Hall–Kier alpha value is 0.249. The molecule has 0 N–H and O–H groups in total. The standard InChI is InChI=1S/C16H12O2P2S2.2CH3.2V/c17-9-19-7-11-1-3-12(4-2-11)14-6-16-15(22-14)5-13(21-16)8-20-10-18;;;;/h1-6,19-20H,7-8H2;2*1H3;;/q-2;2*-1;2*+2. The van der Waals surface area contributed by atoms with Crippen LogP contribution in [0, 0.1) is 14.9 Å². The van der Waals surface area contributed by atoms with Crippen molar-refractivity contribution in [2.75, 3.05) is 0 Å². The van der Waals surface area contributed by atoms with Crippen molar-refractivity contribution in [3.63, 3.8) is 0 Å². The summed E-state index contributed by atoms with van der Waals surface area (Å²) in [4.78, 5) is 23.2. The van der Waals surface area contributed by atoms with Crippen LogP contribution < -0.4 is 0 Å². The van der Waals surface area contributed by atoms with Gasteiger partial charge in [0.25, 0.3) is 0 Å². The maximum atomic E-state index is 10.3. The van der Waals surface area contributed by atoms with Crippen LogP contribution in [-0.4, -0.2) is 12.1 Å². The SMILES string of the molecule is O=[C-]PCc1ccc(-c2cc3sc(CP[C-]=O)cc3s2)cc1.[CH3-].[CH3-].[V+2].[V+2]. The molecule has 0 spiro atoms. The molecule has 8 heteroatoms. The molecule has 2 aromatic heterocycles. The normalized spacial score (nSPS) is 10.2. The number of hydrogen-bond acceptors (Lipinski definition) is 4. The maximum Gasteiger partial charge on any atom is 2.00 e. The molecule has 2 radical (unpaired) electrons. The van der Waals surface area contributed by atoms with Crippen molar-refractivity contribution in [2.45, 2.75) is 12.3 Å². The van der Waals surface area contributed by atoms with E-state index in [0.29, 0.717) is 0 Å². The quantitative estimate of drug-likeness (QED) is 0.298. The average Bonchev–Trinajstić information content (AvgIpc) is 3.10. The molecule has 0 aliphatic heterocycles. The molecule has 26 heavy (non-hydrogen) atoms. The molecule has 2 atom stereocenters. The zero-order valence-corrected chi connectivity index (χ0v) is 20.8. The van der Waals surface area contributed by atoms with E-state index in [-0.39, 0.29) is 69.1 Å². The summed E-state index contributed by atoms with van der Waals surface area (Å²) in [5.74, 6) is 0. The first-order valence-corrected chi connectivity index (χ1v) is 10.7. The van der Waals surface area contributed by atoms with Gasteiger partial charge in [0.15, 0.2) is 0 Å². The van der Waals surface area contributed by atoms with E-state index in [1.807, 2.05) is 12.1 Å². The van der Waals surface area contributed by atoms with E-state index in [1.165, 1.54) is 30.3 Å². The van der Waals surface area contributed by atoms with Gasteiger partial charge in [-0.1, -0.05) is 24.3 Å². The fraction of sp³-hybridized carbons (Fsp3) is 0.111. The van der Waals surface area contributed by atoms with Crippen LogP contribution in [0.5, 0.6) is 0 Å². The van der Waals surface area contributed by atoms with Gasteiger partial charge in [-0.25, -0.2) is 29.2 Å². The Morgan fingerprint density at radius 1 is 0.808 bits per heavy atom. The third-order valence-corrected chi connectivity index (χ3v) is 7.23. The molecule has 0 saturated heterocycles. The number of benzene rings is 1. The predicted molar refractivity (Wildman–Crippen MR) is 113 cm³/mol. The molecule has 0 saturated carbocycles. The summed E-state index contributed by atoms with van der Waals surface area (Å²) in [6.07, 6.45) is 1.59. The summed E-state index contributed by atoms with van der Waals surface area (Å²) in [5, 5.41) is 0. The van der Waals surface area contributed by atoms with Crippen molar-refractivity contribution < 1.29 is 46.7 Å². The minimum absolute atomic E-state index is 0. The van der Waals surface area contributed by atoms with Crippen LogP contribution in [0.25, 0.3) is 19.8 Å². The van der Waals surface area contributed by atoms with Crippen molar-refractivity contribution in [2.24, 2.45) is 0 Å². The van der Waals surface area contributed by atoms with Crippen molar-refractivity contribution >= 4 is 61.3 Å². The van der Waals surface area contributed by atoms with E-state index in [1.54, 1.807) is 22.7 Å². The minimum atomic E-state index is 0. The Morgan fingerprint density at radius 3 is 1.96 bits per heavy atom. The average molecular weight is 494 g/mol.